The molecule has 5 heteroatoms. The fraction of sp³-hybridized carbons (Fsp3) is 0.538. The van der Waals surface area contributed by atoms with Crippen LogP contribution in [0.15, 0.2) is 12.1 Å². The van der Waals surface area contributed by atoms with Crippen LogP contribution in [0.3, 0.4) is 0 Å². The molecule has 0 amide bonds. The van der Waals surface area contributed by atoms with Crippen molar-refractivity contribution in [3.05, 3.63) is 23.4 Å². The molecule has 1 atom stereocenters. The second-order valence-electron chi connectivity index (χ2n) is 4.51. The van der Waals surface area contributed by atoms with E-state index in [1.54, 1.807) is 12.1 Å². The summed E-state index contributed by atoms with van der Waals surface area (Å²) in [6, 6.07) is 3.22. The third-order valence-corrected chi connectivity index (χ3v) is 3.10. The Morgan fingerprint density at radius 3 is 3.06 bits per heavy atom. The first-order valence-electron chi connectivity index (χ1n) is 6.18. The van der Waals surface area contributed by atoms with Crippen LogP contribution in [0.5, 0.6) is 0 Å². The molecule has 18 heavy (non-hydrogen) atoms. The molecule has 0 spiro atoms. The first-order valence-corrected chi connectivity index (χ1v) is 6.18. The van der Waals surface area contributed by atoms with Gasteiger partial charge >= 0.3 is 5.97 Å². The smallest absolute Gasteiger partial charge is 0.335 e. The molecule has 98 valence electrons. The second-order valence-corrected chi connectivity index (χ2v) is 4.51. The first kappa shape index (κ1) is 12.8. The van der Waals surface area contributed by atoms with Gasteiger partial charge in [0.2, 0.25) is 0 Å². The van der Waals surface area contributed by atoms with Crippen molar-refractivity contribution in [1.29, 1.82) is 0 Å². The van der Waals surface area contributed by atoms with Gasteiger partial charge in [-0.15, -0.1) is 0 Å². The molecule has 0 radical (unpaired) electrons. The molecular weight excluding hydrogens is 232 g/mol. The molecule has 5 nitrogen and oxygen atoms in total. The van der Waals surface area contributed by atoms with Crippen LogP contribution in [-0.4, -0.2) is 41.9 Å². The second kappa shape index (κ2) is 5.35. The molecule has 1 aromatic rings. The number of anilines is 1. The third-order valence-electron chi connectivity index (χ3n) is 3.10. The third kappa shape index (κ3) is 2.79. The predicted octanol–water partition coefficient (Wildman–Crippen LogP) is 1.70. The number of aromatic nitrogens is 1. The lowest BCUT2D eigenvalue weighted by Crippen LogP contribution is -2.42. The van der Waals surface area contributed by atoms with E-state index in [0.717, 1.165) is 31.0 Å². The average Bonchev–Trinajstić information content (AvgIpc) is 2.38. The van der Waals surface area contributed by atoms with E-state index in [1.807, 2.05) is 6.92 Å². The SMILES string of the molecule is CCC1CN(c2cc(C(=O)O)cc(C)n2)CCO1. The van der Waals surface area contributed by atoms with E-state index in [0.29, 0.717) is 6.61 Å². The lowest BCUT2D eigenvalue weighted by atomic mass is 10.2. The van der Waals surface area contributed by atoms with Gasteiger partial charge in [-0.05, 0) is 25.5 Å². The fourth-order valence-electron chi connectivity index (χ4n) is 2.11. The number of morpholine rings is 1. The summed E-state index contributed by atoms with van der Waals surface area (Å²) in [5, 5.41) is 9.06. The van der Waals surface area contributed by atoms with Crippen LogP contribution < -0.4 is 4.90 Å². The minimum Gasteiger partial charge on any atom is -0.478 e. The molecule has 1 fully saturated rings. The Kier molecular flexibility index (Phi) is 3.81. The van der Waals surface area contributed by atoms with E-state index in [-0.39, 0.29) is 11.7 Å². The molecule has 0 aromatic carbocycles. The molecule has 2 rings (SSSR count). The van der Waals surface area contributed by atoms with Crippen molar-refractivity contribution in [2.75, 3.05) is 24.6 Å². The summed E-state index contributed by atoms with van der Waals surface area (Å²) in [5.74, 6) is -0.184. The van der Waals surface area contributed by atoms with Gasteiger partial charge in [-0.25, -0.2) is 9.78 Å². The molecule has 1 aliphatic rings. The van der Waals surface area contributed by atoms with Crippen LogP contribution in [0.1, 0.15) is 29.4 Å². The Labute approximate surface area is 106 Å². The van der Waals surface area contributed by atoms with Gasteiger partial charge in [0.1, 0.15) is 5.82 Å². The molecule has 1 aliphatic heterocycles. The summed E-state index contributed by atoms with van der Waals surface area (Å²) in [5.41, 5.74) is 1.02. The zero-order chi connectivity index (χ0) is 13.1. The number of hydrogen-bond donors (Lipinski definition) is 1. The number of carbonyl (C=O) groups is 1. The summed E-state index contributed by atoms with van der Waals surface area (Å²) in [7, 11) is 0. The van der Waals surface area contributed by atoms with Gasteiger partial charge < -0.3 is 14.7 Å². The van der Waals surface area contributed by atoms with E-state index >= 15 is 0 Å². The van der Waals surface area contributed by atoms with Gasteiger partial charge in [-0.3, -0.25) is 0 Å². The maximum Gasteiger partial charge on any atom is 0.335 e. The number of hydrogen-bond acceptors (Lipinski definition) is 4. The zero-order valence-electron chi connectivity index (χ0n) is 10.7. The number of rotatable bonds is 3. The van der Waals surface area contributed by atoms with Crippen LogP contribution in [0.2, 0.25) is 0 Å². The Hall–Kier alpha value is -1.62. The zero-order valence-corrected chi connectivity index (χ0v) is 10.7. The van der Waals surface area contributed by atoms with Crippen LogP contribution in [0.25, 0.3) is 0 Å². The number of aromatic carboxylic acids is 1. The maximum absolute atomic E-state index is 11.0. The van der Waals surface area contributed by atoms with Crippen LogP contribution >= 0.6 is 0 Å². The highest BCUT2D eigenvalue weighted by molar-refractivity contribution is 5.88. The summed E-state index contributed by atoms with van der Waals surface area (Å²) >= 11 is 0. The highest BCUT2D eigenvalue weighted by Crippen LogP contribution is 2.19. The number of pyridine rings is 1. The number of aryl methyl sites for hydroxylation is 1. The average molecular weight is 250 g/mol. The van der Waals surface area contributed by atoms with Crippen molar-refractivity contribution < 1.29 is 14.6 Å². The van der Waals surface area contributed by atoms with Crippen molar-refractivity contribution in [1.82, 2.24) is 4.98 Å². The Morgan fingerprint density at radius 2 is 2.39 bits per heavy atom. The standard InChI is InChI=1S/C13H18N2O3/c1-3-11-8-15(4-5-18-11)12-7-10(13(16)17)6-9(2)14-12/h6-7,11H,3-5,8H2,1-2H3,(H,16,17). The van der Waals surface area contributed by atoms with Gasteiger partial charge in [-0.2, -0.15) is 0 Å². The normalized spacial score (nSPS) is 19.9. The summed E-state index contributed by atoms with van der Waals surface area (Å²) < 4.78 is 5.60. The maximum atomic E-state index is 11.0. The summed E-state index contributed by atoms with van der Waals surface area (Å²) in [6.07, 6.45) is 1.16. The molecule has 2 heterocycles. The minimum absolute atomic E-state index is 0.203. The van der Waals surface area contributed by atoms with Gasteiger partial charge in [0.25, 0.3) is 0 Å². The van der Waals surface area contributed by atoms with Gasteiger partial charge in [0, 0.05) is 18.8 Å². The number of carboxylic acid groups (broad SMARTS) is 1. The molecule has 0 aliphatic carbocycles. The monoisotopic (exact) mass is 250 g/mol. The van der Waals surface area contributed by atoms with Crippen molar-refractivity contribution in [3.8, 4) is 0 Å². The Morgan fingerprint density at radius 1 is 1.61 bits per heavy atom. The molecule has 0 saturated carbocycles. The number of nitrogens with zero attached hydrogens (tertiary/aromatic N) is 2. The Bertz CT molecular complexity index is 448. The highest BCUT2D eigenvalue weighted by atomic mass is 16.5. The largest absolute Gasteiger partial charge is 0.478 e. The van der Waals surface area contributed by atoms with Crippen molar-refractivity contribution in [2.45, 2.75) is 26.4 Å². The molecular formula is C13H18N2O3. The quantitative estimate of drug-likeness (QED) is 0.884. The van der Waals surface area contributed by atoms with Crippen molar-refractivity contribution in [3.63, 3.8) is 0 Å². The summed E-state index contributed by atoms with van der Waals surface area (Å²) in [4.78, 5) is 17.5. The van der Waals surface area contributed by atoms with Crippen LogP contribution in [0.4, 0.5) is 5.82 Å². The van der Waals surface area contributed by atoms with Crippen molar-refractivity contribution in [2.24, 2.45) is 0 Å². The lowest BCUT2D eigenvalue weighted by Gasteiger charge is -2.33. The van der Waals surface area contributed by atoms with Crippen molar-refractivity contribution >= 4 is 11.8 Å². The number of carboxylic acids is 1. The van der Waals surface area contributed by atoms with Crippen LogP contribution in [-0.2, 0) is 4.74 Å². The minimum atomic E-state index is -0.915. The number of ether oxygens (including phenoxy) is 1. The van der Waals surface area contributed by atoms with Gasteiger partial charge in [0.15, 0.2) is 0 Å². The van der Waals surface area contributed by atoms with E-state index in [1.165, 1.54) is 0 Å². The fourth-order valence-corrected chi connectivity index (χ4v) is 2.11. The topological polar surface area (TPSA) is 62.7 Å². The van der Waals surface area contributed by atoms with E-state index < -0.39 is 5.97 Å². The molecule has 1 N–H and O–H groups in total. The van der Waals surface area contributed by atoms with Gasteiger partial charge in [-0.1, -0.05) is 6.92 Å². The summed E-state index contributed by atoms with van der Waals surface area (Å²) in [6.45, 7) is 6.09. The Balaban J connectivity index is 2.24. The molecule has 1 saturated heterocycles. The highest BCUT2D eigenvalue weighted by Gasteiger charge is 2.21. The van der Waals surface area contributed by atoms with E-state index in [9.17, 15) is 4.79 Å². The predicted molar refractivity (Wildman–Crippen MR) is 68.2 cm³/mol. The molecule has 1 aromatic heterocycles. The van der Waals surface area contributed by atoms with Crippen LogP contribution in [0, 0.1) is 6.92 Å². The lowest BCUT2D eigenvalue weighted by molar-refractivity contribution is 0.0381. The first-order chi connectivity index (χ1) is 8.60. The van der Waals surface area contributed by atoms with E-state index in [2.05, 4.69) is 16.8 Å². The molecule has 0 bridgehead atoms. The van der Waals surface area contributed by atoms with E-state index in [4.69, 9.17) is 9.84 Å². The molecule has 1 unspecified atom stereocenters. The van der Waals surface area contributed by atoms with Gasteiger partial charge in [0.05, 0.1) is 18.3 Å².